The minimum absolute atomic E-state index is 0.0131. The monoisotopic (exact) mass is 657 g/mol. The second kappa shape index (κ2) is 13.1. The number of nitrogens with zero attached hydrogens (tertiary/aromatic N) is 2. The Bertz CT molecular complexity index is 1570. The quantitative estimate of drug-likeness (QED) is 0.0849. The maximum atomic E-state index is 15.1. The molecule has 0 unspecified atom stereocenters. The number of halogens is 4. The van der Waals surface area contributed by atoms with Crippen LogP contribution < -0.4 is 21.0 Å². The van der Waals surface area contributed by atoms with E-state index >= 15 is 4.39 Å². The van der Waals surface area contributed by atoms with Crippen LogP contribution in [0, 0.1) is 17.5 Å². The molecule has 0 spiro atoms. The van der Waals surface area contributed by atoms with Crippen molar-refractivity contribution in [2.45, 2.75) is 24.8 Å². The summed E-state index contributed by atoms with van der Waals surface area (Å²) in [4.78, 5) is 64.9. The predicted molar refractivity (Wildman–Crippen MR) is 146 cm³/mol. The Labute approximate surface area is 256 Å². The van der Waals surface area contributed by atoms with Crippen molar-refractivity contribution >= 4 is 48.4 Å². The summed E-state index contributed by atoms with van der Waals surface area (Å²) in [6, 6.07) is -1.92. The molecule has 1 fully saturated rings. The van der Waals surface area contributed by atoms with E-state index in [4.69, 9.17) is 22.0 Å². The van der Waals surface area contributed by atoms with Crippen LogP contribution in [0.5, 0.6) is 17.2 Å². The molecular formula is C25H24BClF3N5O10. The Morgan fingerprint density at radius 3 is 2.44 bits per heavy atom. The molecule has 0 radical (unpaired) electrons. The number of benzene rings is 2. The van der Waals surface area contributed by atoms with Crippen LogP contribution in [0.25, 0.3) is 0 Å². The first-order valence-corrected chi connectivity index (χ1v) is 13.5. The first kappa shape index (κ1) is 33.2. The molecule has 1 saturated heterocycles. The molecule has 0 bridgehead atoms. The van der Waals surface area contributed by atoms with E-state index in [0.29, 0.717) is 11.3 Å². The molecule has 20 heteroatoms. The average molecular weight is 658 g/mol. The molecule has 2 heterocycles. The summed E-state index contributed by atoms with van der Waals surface area (Å²) in [5.74, 6) is -15.8. The number of amides is 5. The molecule has 2 aliphatic rings. The lowest BCUT2D eigenvalue weighted by Gasteiger charge is -2.34. The van der Waals surface area contributed by atoms with E-state index in [1.807, 2.05) is 5.32 Å². The highest BCUT2D eigenvalue weighted by Crippen LogP contribution is 2.42. The second-order valence-electron chi connectivity index (χ2n) is 9.87. The Balaban J connectivity index is 1.66. The third kappa shape index (κ3) is 6.26. The number of aromatic carboxylic acids is 1. The maximum Gasteiger partial charge on any atom is 0.547 e. The van der Waals surface area contributed by atoms with Gasteiger partial charge in [0.25, 0.3) is 0 Å². The Kier molecular flexibility index (Phi) is 9.64. The van der Waals surface area contributed by atoms with E-state index in [1.54, 1.807) is 0 Å². The van der Waals surface area contributed by atoms with Gasteiger partial charge in [-0.2, -0.15) is 4.39 Å². The fourth-order valence-corrected chi connectivity index (χ4v) is 5.05. The molecule has 240 valence electrons. The first-order chi connectivity index (χ1) is 21.2. The van der Waals surface area contributed by atoms with E-state index in [2.05, 4.69) is 5.32 Å². The fourth-order valence-electron chi connectivity index (χ4n) is 4.77. The lowest BCUT2D eigenvalue weighted by Crippen LogP contribution is -2.60. The number of carbonyl (C=O) groups is 5. The Hall–Kier alpha value is -4.75. The van der Waals surface area contributed by atoms with Crippen molar-refractivity contribution in [3.05, 3.63) is 51.3 Å². The molecular weight excluding hydrogens is 634 g/mol. The number of hydrogen-bond acceptors (Lipinski definition) is 10. The van der Waals surface area contributed by atoms with Crippen molar-refractivity contribution in [2.75, 3.05) is 26.2 Å². The van der Waals surface area contributed by atoms with Gasteiger partial charge in [0.15, 0.2) is 17.3 Å². The number of carboxylic acid groups (broad SMARTS) is 1. The number of aromatic hydroxyl groups is 2. The number of imide groups is 1. The van der Waals surface area contributed by atoms with Gasteiger partial charge in [-0.1, -0.05) is 17.7 Å². The molecule has 2 aromatic carbocycles. The van der Waals surface area contributed by atoms with Crippen LogP contribution in [0.4, 0.5) is 18.0 Å². The van der Waals surface area contributed by atoms with Gasteiger partial charge in [-0.3, -0.25) is 19.3 Å². The zero-order valence-corrected chi connectivity index (χ0v) is 23.6. The Morgan fingerprint density at radius 2 is 1.80 bits per heavy atom. The number of carbonyl (C=O) groups excluding carboxylic acids is 4. The van der Waals surface area contributed by atoms with Crippen LogP contribution in [0.1, 0.15) is 33.9 Å². The minimum atomic E-state index is -2.39. The van der Waals surface area contributed by atoms with Gasteiger partial charge in [-0.15, -0.1) is 0 Å². The fraction of sp³-hybridized carbons (Fsp3) is 0.320. The summed E-state index contributed by atoms with van der Waals surface area (Å²) in [7, 11) is -2.04. The molecule has 45 heavy (non-hydrogen) atoms. The predicted octanol–water partition coefficient (Wildman–Crippen LogP) is -0.223. The molecule has 0 aliphatic carbocycles. The summed E-state index contributed by atoms with van der Waals surface area (Å²) >= 11 is 5.94. The van der Waals surface area contributed by atoms with Gasteiger partial charge in [0.2, 0.25) is 11.7 Å². The normalized spacial score (nSPS) is 17.0. The number of hydrogen-bond donors (Lipinski definition) is 7. The van der Waals surface area contributed by atoms with Crippen molar-refractivity contribution in [3.63, 3.8) is 0 Å². The smallest absolute Gasteiger partial charge is 0.534 e. The molecule has 0 aromatic heterocycles. The standard InChI is InChI=1S/C25H24BClF3N5O10/c27-14-13(15(29)16(30)19(37)18(14)36)17(33-25(43)35-7-6-34(5-1-4-31)22(39)23(35)40)21(38)32-11-8-9-2-3-10(28)12(24(41)42)20(9)45-26(11)44/h2-3,11,17,36-37,44H,1,4-8,31H2,(H,32,38)(H,33,43)(H,41,42)/t11-,17+/m0/s1. The third-order valence-corrected chi connectivity index (χ3v) is 7.45. The number of urea groups is 1. The topological polar surface area (TPSA) is 232 Å². The molecule has 15 nitrogen and oxygen atoms in total. The summed E-state index contributed by atoms with van der Waals surface area (Å²) in [5, 5.41) is 42.6. The molecule has 8 N–H and O–H groups in total. The summed E-state index contributed by atoms with van der Waals surface area (Å²) in [6.07, 6.45) is -0.0401. The number of nitrogens with two attached hydrogens (primary N) is 1. The lowest BCUT2D eigenvalue weighted by atomic mass is 9.72. The zero-order valence-electron chi connectivity index (χ0n) is 22.9. The van der Waals surface area contributed by atoms with Crippen molar-refractivity contribution in [1.82, 2.24) is 20.4 Å². The number of carboxylic acids is 1. The maximum absolute atomic E-state index is 15.1. The van der Waals surface area contributed by atoms with Crippen LogP contribution in [0.3, 0.4) is 0 Å². The van der Waals surface area contributed by atoms with Crippen LogP contribution in [-0.2, 0) is 20.8 Å². The van der Waals surface area contributed by atoms with Crippen molar-refractivity contribution < 1.29 is 62.1 Å². The van der Waals surface area contributed by atoms with Gasteiger partial charge in [0.05, 0.1) is 11.0 Å². The molecule has 5 amide bonds. The van der Waals surface area contributed by atoms with E-state index in [-0.39, 0.29) is 31.7 Å². The van der Waals surface area contributed by atoms with Crippen LogP contribution >= 0.6 is 11.6 Å². The SMILES string of the molecule is NCCCN1CCN(C(=O)N[C@@H](C(=O)N[C@H]2Cc3ccc(F)c(C(=O)O)c3OB2O)c2c(F)c(F)c(O)c(O)c2Cl)C(=O)C1=O. The highest BCUT2D eigenvalue weighted by atomic mass is 35.5. The van der Waals surface area contributed by atoms with Crippen molar-refractivity contribution in [1.29, 1.82) is 0 Å². The average Bonchev–Trinajstić information content (AvgIpc) is 2.99. The van der Waals surface area contributed by atoms with E-state index in [1.165, 1.54) is 0 Å². The summed E-state index contributed by atoms with van der Waals surface area (Å²) in [6.45, 7) is -0.174. The number of rotatable bonds is 8. The van der Waals surface area contributed by atoms with Crippen LogP contribution in [0.15, 0.2) is 12.1 Å². The summed E-state index contributed by atoms with van der Waals surface area (Å²) < 4.78 is 48.9. The van der Waals surface area contributed by atoms with Crippen molar-refractivity contribution in [3.8, 4) is 17.2 Å². The summed E-state index contributed by atoms with van der Waals surface area (Å²) in [5.41, 5.74) is 3.33. The molecule has 4 rings (SSSR count). The molecule has 2 aliphatic heterocycles. The molecule has 2 atom stereocenters. The van der Waals surface area contributed by atoms with Crippen LogP contribution in [0.2, 0.25) is 5.02 Å². The highest BCUT2D eigenvalue weighted by molar-refractivity contribution is 6.47. The van der Waals surface area contributed by atoms with Gasteiger partial charge in [-0.25, -0.2) is 18.4 Å². The van der Waals surface area contributed by atoms with Gasteiger partial charge < -0.3 is 46.3 Å². The number of fused-ring (bicyclic) bond motifs is 1. The molecule has 2 aromatic rings. The minimum Gasteiger partial charge on any atom is -0.534 e. The largest absolute Gasteiger partial charge is 0.547 e. The number of phenolic OH excluding ortho intramolecular Hbond substituents is 2. The third-order valence-electron chi connectivity index (χ3n) is 7.06. The number of nitrogens with one attached hydrogen (secondary N) is 2. The Morgan fingerprint density at radius 1 is 1.11 bits per heavy atom. The van der Waals surface area contributed by atoms with Gasteiger partial charge in [0, 0.05) is 25.2 Å². The van der Waals surface area contributed by atoms with Gasteiger partial charge in [0.1, 0.15) is 23.2 Å². The number of phenols is 2. The van der Waals surface area contributed by atoms with E-state index < -0.39 is 106 Å². The van der Waals surface area contributed by atoms with E-state index in [9.17, 15) is 53.1 Å². The zero-order chi connectivity index (χ0) is 33.3. The van der Waals surface area contributed by atoms with Crippen molar-refractivity contribution in [2.24, 2.45) is 5.73 Å². The first-order valence-electron chi connectivity index (χ1n) is 13.1. The van der Waals surface area contributed by atoms with Gasteiger partial charge >= 0.3 is 30.9 Å². The number of piperazine rings is 1. The molecule has 0 saturated carbocycles. The lowest BCUT2D eigenvalue weighted by molar-refractivity contribution is -0.153. The van der Waals surface area contributed by atoms with E-state index in [0.717, 1.165) is 17.0 Å². The van der Waals surface area contributed by atoms with Crippen LogP contribution in [-0.4, -0.2) is 99.1 Å². The highest BCUT2D eigenvalue weighted by Gasteiger charge is 2.43. The second-order valence-corrected chi connectivity index (χ2v) is 10.2. The van der Waals surface area contributed by atoms with Gasteiger partial charge in [-0.05, 0) is 31.0 Å².